The third-order valence-corrected chi connectivity index (χ3v) is 6.54. The fourth-order valence-electron chi connectivity index (χ4n) is 4.66. The number of hydrazone groups is 1. The largest absolute Gasteiger partial charge is 0.497 e. The minimum absolute atomic E-state index is 0.381. The zero-order valence-corrected chi connectivity index (χ0v) is 26.0. The molecule has 0 amide bonds. The molecular formula is C31H52N6O3. The summed E-state index contributed by atoms with van der Waals surface area (Å²) in [7, 11) is 1.70. The van der Waals surface area contributed by atoms with Gasteiger partial charge >= 0.3 is 6.01 Å². The number of methoxy groups -OCH3 is 1. The molecule has 1 saturated heterocycles. The molecule has 1 fully saturated rings. The molecule has 0 spiro atoms. The predicted octanol–water partition coefficient (Wildman–Crippen LogP) is 6.03. The van der Waals surface area contributed by atoms with Crippen LogP contribution < -0.4 is 19.8 Å². The number of nitrogens with zero attached hydrogens (tertiary/aromatic N) is 5. The highest BCUT2D eigenvalue weighted by Crippen LogP contribution is 2.27. The van der Waals surface area contributed by atoms with Crippen molar-refractivity contribution in [3.8, 4) is 11.8 Å². The van der Waals surface area contributed by atoms with Crippen molar-refractivity contribution in [3.05, 3.63) is 35.4 Å². The number of aromatic nitrogens is 2. The molecule has 9 nitrogen and oxygen atoms in total. The van der Waals surface area contributed by atoms with Crippen LogP contribution in [-0.2, 0) is 11.2 Å². The maximum Gasteiger partial charge on any atom is 0.320 e. The van der Waals surface area contributed by atoms with Gasteiger partial charge in [0.2, 0.25) is 0 Å². The molecule has 1 aliphatic heterocycles. The van der Waals surface area contributed by atoms with Gasteiger partial charge in [0.1, 0.15) is 18.2 Å². The Kier molecular flexibility index (Phi) is 16.0. The third-order valence-electron chi connectivity index (χ3n) is 6.54. The summed E-state index contributed by atoms with van der Waals surface area (Å²) in [4.78, 5) is 14.0. The predicted molar refractivity (Wildman–Crippen MR) is 166 cm³/mol. The van der Waals surface area contributed by atoms with E-state index in [9.17, 15) is 0 Å². The van der Waals surface area contributed by atoms with Crippen molar-refractivity contribution in [3.63, 3.8) is 0 Å². The number of rotatable bonds is 12. The van der Waals surface area contributed by atoms with Gasteiger partial charge in [-0.2, -0.15) is 15.1 Å². The summed E-state index contributed by atoms with van der Waals surface area (Å²) in [6.07, 6.45) is 5.12. The van der Waals surface area contributed by atoms with E-state index in [1.165, 1.54) is 5.56 Å². The minimum atomic E-state index is 0.381. The average Bonchev–Trinajstić information content (AvgIpc) is 3.02. The van der Waals surface area contributed by atoms with E-state index in [4.69, 9.17) is 24.3 Å². The summed E-state index contributed by atoms with van der Waals surface area (Å²) in [6, 6.07) is 8.58. The van der Waals surface area contributed by atoms with E-state index in [1.54, 1.807) is 7.11 Å². The molecule has 40 heavy (non-hydrogen) atoms. The van der Waals surface area contributed by atoms with Crippen molar-refractivity contribution in [2.24, 2.45) is 5.10 Å². The Balaban J connectivity index is 0.00000134. The zero-order valence-electron chi connectivity index (χ0n) is 26.0. The topological polar surface area (TPSA) is 84.3 Å². The number of anilines is 2. The van der Waals surface area contributed by atoms with Gasteiger partial charge in [0.25, 0.3) is 0 Å². The van der Waals surface area contributed by atoms with Crippen LogP contribution in [-0.4, -0.2) is 80.2 Å². The molecule has 4 rings (SSSR count). The molecule has 0 atom stereocenters. The molecule has 2 aliphatic rings. The Hall–Kier alpha value is -2.91. The first kappa shape index (κ1) is 33.3. The molecule has 9 heteroatoms. The summed E-state index contributed by atoms with van der Waals surface area (Å²) >= 11 is 0. The second-order valence-corrected chi connectivity index (χ2v) is 9.23. The van der Waals surface area contributed by atoms with Crippen LogP contribution in [0.5, 0.6) is 11.8 Å². The maximum absolute atomic E-state index is 6.04. The quantitative estimate of drug-likeness (QED) is 0.317. The van der Waals surface area contributed by atoms with E-state index >= 15 is 0 Å². The van der Waals surface area contributed by atoms with E-state index in [2.05, 4.69) is 46.2 Å². The van der Waals surface area contributed by atoms with E-state index in [0.29, 0.717) is 18.4 Å². The Bertz CT molecular complexity index is 1000. The van der Waals surface area contributed by atoms with Gasteiger partial charge in [0.05, 0.1) is 26.0 Å². The van der Waals surface area contributed by atoms with Gasteiger partial charge in [-0.3, -0.25) is 10.3 Å². The lowest BCUT2D eigenvalue weighted by Gasteiger charge is -2.26. The van der Waals surface area contributed by atoms with Crippen molar-refractivity contribution < 1.29 is 14.2 Å². The van der Waals surface area contributed by atoms with Gasteiger partial charge in [-0.1, -0.05) is 47.6 Å². The molecule has 1 aromatic carbocycles. The van der Waals surface area contributed by atoms with E-state index < -0.39 is 0 Å². The van der Waals surface area contributed by atoms with E-state index in [0.717, 1.165) is 101 Å². The molecule has 1 N–H and O–H groups in total. The molecule has 224 valence electrons. The summed E-state index contributed by atoms with van der Waals surface area (Å²) in [6.45, 7) is 19.0. The van der Waals surface area contributed by atoms with Crippen LogP contribution in [0.4, 0.5) is 11.6 Å². The van der Waals surface area contributed by atoms with Crippen molar-refractivity contribution in [2.45, 2.75) is 73.6 Å². The summed E-state index contributed by atoms with van der Waals surface area (Å²) in [5, 5.41) is 4.78. The monoisotopic (exact) mass is 556 g/mol. The number of ether oxygens (including phenoxy) is 3. The zero-order chi connectivity index (χ0) is 29.2. The Morgan fingerprint density at radius 1 is 1.00 bits per heavy atom. The van der Waals surface area contributed by atoms with Gasteiger partial charge in [-0.15, -0.1) is 0 Å². The molecule has 0 radical (unpaired) electrons. The van der Waals surface area contributed by atoms with Crippen molar-refractivity contribution in [1.82, 2.24) is 14.9 Å². The highest BCUT2D eigenvalue weighted by molar-refractivity contribution is 6.03. The van der Waals surface area contributed by atoms with Crippen LogP contribution in [0.1, 0.15) is 78.4 Å². The van der Waals surface area contributed by atoms with Gasteiger partial charge in [-0.05, 0) is 49.8 Å². The highest BCUT2D eigenvalue weighted by atomic mass is 16.5. The van der Waals surface area contributed by atoms with Crippen LogP contribution in [0.25, 0.3) is 0 Å². The number of morpholine rings is 1. The Morgan fingerprint density at radius 3 is 2.40 bits per heavy atom. The number of hydrogen-bond donors (Lipinski definition) is 1. The summed E-state index contributed by atoms with van der Waals surface area (Å²) < 4.78 is 16.9. The molecule has 0 unspecified atom stereocenters. The molecular weight excluding hydrogens is 504 g/mol. The Morgan fingerprint density at radius 2 is 1.73 bits per heavy atom. The standard InChI is InChI=1S/C27H40N6O3.2C2H6/c1-4-11-33(12-5-2)26-20-25(28-27(29-26)36-18-15-32-13-16-35-17-14-32)31-30-24-8-6-7-21-9-10-22(34-3)19-23(21)24;2*1-2/h9-10,19-20H,4-8,11-18H2,1-3H3,(H,28,29,31);2*1-2H3/b30-24+;;. The first-order valence-electron chi connectivity index (χ1n) is 15.3. The normalized spacial score (nSPS) is 15.6. The lowest BCUT2D eigenvalue weighted by Crippen LogP contribution is -2.38. The fourth-order valence-corrected chi connectivity index (χ4v) is 4.66. The van der Waals surface area contributed by atoms with E-state index in [-0.39, 0.29) is 0 Å². The molecule has 0 saturated carbocycles. The average molecular weight is 557 g/mol. The van der Waals surface area contributed by atoms with Crippen LogP contribution >= 0.6 is 0 Å². The lowest BCUT2D eigenvalue weighted by molar-refractivity contribution is 0.0317. The minimum Gasteiger partial charge on any atom is -0.497 e. The smallest absolute Gasteiger partial charge is 0.320 e. The van der Waals surface area contributed by atoms with Crippen LogP contribution in [0.15, 0.2) is 29.4 Å². The van der Waals surface area contributed by atoms with Crippen LogP contribution in [0.3, 0.4) is 0 Å². The van der Waals surface area contributed by atoms with Crippen molar-refractivity contribution in [1.29, 1.82) is 0 Å². The van der Waals surface area contributed by atoms with Crippen LogP contribution in [0.2, 0.25) is 0 Å². The lowest BCUT2D eigenvalue weighted by atomic mass is 9.90. The highest BCUT2D eigenvalue weighted by Gasteiger charge is 2.18. The van der Waals surface area contributed by atoms with Gasteiger partial charge in [-0.25, -0.2) is 0 Å². The number of aryl methyl sites for hydroxylation is 1. The summed E-state index contributed by atoms with van der Waals surface area (Å²) in [5.41, 5.74) is 6.68. The molecule has 2 aromatic rings. The maximum atomic E-state index is 6.04. The molecule has 0 bridgehead atoms. The third kappa shape index (κ3) is 10.2. The first-order chi connectivity index (χ1) is 19.7. The number of benzene rings is 1. The SMILES string of the molecule is CC.CC.CCCN(CCC)c1cc(N/N=C2\CCCc3ccc(OC)cc32)nc(OCCN2CCOCC2)n1. The number of hydrogen-bond acceptors (Lipinski definition) is 9. The second-order valence-electron chi connectivity index (χ2n) is 9.23. The van der Waals surface area contributed by atoms with Crippen molar-refractivity contribution >= 4 is 17.3 Å². The number of fused-ring (bicyclic) bond motifs is 1. The van der Waals surface area contributed by atoms with Gasteiger partial charge < -0.3 is 19.1 Å². The Labute approximate surface area is 242 Å². The summed E-state index contributed by atoms with van der Waals surface area (Å²) in [5.74, 6) is 2.35. The van der Waals surface area contributed by atoms with Gasteiger partial charge in [0.15, 0.2) is 5.82 Å². The first-order valence-corrected chi connectivity index (χ1v) is 15.3. The molecule has 1 aromatic heterocycles. The second kappa shape index (κ2) is 19.2. The van der Waals surface area contributed by atoms with Gasteiger partial charge in [0, 0.05) is 44.4 Å². The van der Waals surface area contributed by atoms with E-state index in [1.807, 2.05) is 39.8 Å². The fraction of sp³-hybridized carbons (Fsp3) is 0.645. The van der Waals surface area contributed by atoms with Crippen LogP contribution in [0, 0.1) is 0 Å². The number of nitrogens with one attached hydrogen (secondary N) is 1. The molecule has 2 heterocycles. The molecule has 1 aliphatic carbocycles. The van der Waals surface area contributed by atoms with Crippen molar-refractivity contribution in [2.75, 3.05) is 70.0 Å².